The van der Waals surface area contributed by atoms with Gasteiger partial charge in [-0.3, -0.25) is 9.59 Å². The van der Waals surface area contributed by atoms with Gasteiger partial charge in [-0.25, -0.2) is 0 Å². The Morgan fingerprint density at radius 1 is 1.20 bits per heavy atom. The first-order valence-electron chi connectivity index (χ1n) is 9.81. The van der Waals surface area contributed by atoms with Crippen LogP contribution in [0.2, 0.25) is 5.02 Å². The molecule has 0 saturated carbocycles. The third-order valence-electron chi connectivity index (χ3n) is 5.48. The van der Waals surface area contributed by atoms with Crippen molar-refractivity contribution in [2.24, 2.45) is 0 Å². The number of hydrogen-bond acceptors (Lipinski definition) is 5. The predicted octanol–water partition coefficient (Wildman–Crippen LogP) is 3.26. The first-order valence-corrected chi connectivity index (χ1v) is 10.2. The largest absolute Gasteiger partial charge is 0.507 e. The molecule has 4 rings (SSSR count). The van der Waals surface area contributed by atoms with Crippen molar-refractivity contribution < 1.29 is 19.4 Å². The Bertz CT molecular complexity index is 1030. The first kappa shape index (κ1) is 20.4. The number of halogens is 1. The number of carbonyl (C=O) groups excluding carboxylic acids is 2. The molecular weight excluding hydrogens is 404 g/mol. The number of ketones is 1. The maximum atomic E-state index is 13.0. The summed E-state index contributed by atoms with van der Waals surface area (Å²) < 4.78 is 5.53. The van der Waals surface area contributed by atoms with Crippen LogP contribution in [0, 0.1) is 0 Å². The number of hydrogen-bond donors (Lipinski definition) is 1. The van der Waals surface area contributed by atoms with Gasteiger partial charge in [0, 0.05) is 30.1 Å². The van der Waals surface area contributed by atoms with E-state index in [1.807, 2.05) is 25.1 Å². The lowest BCUT2D eigenvalue weighted by atomic mass is 9.94. The Kier molecular flexibility index (Phi) is 5.54. The van der Waals surface area contributed by atoms with Crippen molar-refractivity contribution in [1.82, 2.24) is 9.80 Å². The van der Waals surface area contributed by atoms with Crippen LogP contribution >= 0.6 is 11.6 Å². The molecule has 2 heterocycles. The average Bonchev–Trinajstić information content (AvgIpc) is 3.29. The van der Waals surface area contributed by atoms with Crippen LogP contribution in [0.5, 0.6) is 5.75 Å². The third kappa shape index (κ3) is 3.68. The smallest absolute Gasteiger partial charge is 0.295 e. The van der Waals surface area contributed by atoms with E-state index in [4.69, 9.17) is 16.3 Å². The molecule has 1 amide bonds. The van der Waals surface area contributed by atoms with Gasteiger partial charge in [0.25, 0.3) is 11.7 Å². The van der Waals surface area contributed by atoms with Gasteiger partial charge in [0.15, 0.2) is 0 Å². The average molecular weight is 427 g/mol. The Morgan fingerprint density at radius 2 is 1.93 bits per heavy atom. The number of nitrogens with zero attached hydrogens (tertiary/aromatic N) is 2. The molecule has 0 spiro atoms. The SMILES string of the molecule is CN(C)CCN1C(=O)C(=O)/C(=C(\O)c2ccc3c(c2)CCO3)C1c1ccc(Cl)cc1. The van der Waals surface area contributed by atoms with Gasteiger partial charge in [0.2, 0.25) is 0 Å². The van der Waals surface area contributed by atoms with Crippen molar-refractivity contribution in [3.8, 4) is 5.75 Å². The molecule has 2 aromatic rings. The van der Waals surface area contributed by atoms with Crippen LogP contribution in [0.4, 0.5) is 0 Å². The molecule has 30 heavy (non-hydrogen) atoms. The minimum Gasteiger partial charge on any atom is -0.507 e. The number of likely N-dealkylation sites (N-methyl/N-ethyl adjacent to an activating group) is 1. The fraction of sp³-hybridized carbons (Fsp3) is 0.304. The molecule has 7 heteroatoms. The summed E-state index contributed by atoms with van der Waals surface area (Å²) in [6.45, 7) is 1.55. The number of carbonyl (C=O) groups is 2. The summed E-state index contributed by atoms with van der Waals surface area (Å²) in [4.78, 5) is 29.3. The second kappa shape index (κ2) is 8.13. The highest BCUT2D eigenvalue weighted by Gasteiger charge is 2.45. The molecule has 1 atom stereocenters. The Labute approximate surface area is 180 Å². The van der Waals surface area contributed by atoms with Crippen LogP contribution in [-0.4, -0.2) is 60.4 Å². The van der Waals surface area contributed by atoms with Crippen molar-refractivity contribution in [2.75, 3.05) is 33.8 Å². The number of benzene rings is 2. The van der Waals surface area contributed by atoms with E-state index in [1.165, 1.54) is 4.90 Å². The van der Waals surface area contributed by atoms with Crippen LogP contribution < -0.4 is 4.74 Å². The lowest BCUT2D eigenvalue weighted by Gasteiger charge is -2.26. The van der Waals surface area contributed by atoms with Gasteiger partial charge in [0.05, 0.1) is 18.2 Å². The number of Topliss-reactive ketones (excluding diaryl/α,β-unsaturated/α-hetero) is 1. The van der Waals surface area contributed by atoms with E-state index >= 15 is 0 Å². The topological polar surface area (TPSA) is 70.1 Å². The zero-order chi connectivity index (χ0) is 21.4. The summed E-state index contributed by atoms with van der Waals surface area (Å²) in [5, 5.41) is 11.7. The standard InChI is InChI=1S/C23H23ClN2O4/c1-25(2)10-11-26-20(14-3-6-17(24)7-4-14)19(22(28)23(26)29)21(27)16-5-8-18-15(13-16)9-12-30-18/h3-8,13,20,27H,9-12H2,1-2H3/b21-19-. The summed E-state index contributed by atoms with van der Waals surface area (Å²) in [7, 11) is 3.81. The highest BCUT2D eigenvalue weighted by atomic mass is 35.5. The fourth-order valence-corrected chi connectivity index (χ4v) is 4.03. The zero-order valence-corrected chi connectivity index (χ0v) is 17.6. The number of aliphatic hydroxyl groups excluding tert-OH is 1. The van der Waals surface area contributed by atoms with Gasteiger partial charge >= 0.3 is 0 Å². The van der Waals surface area contributed by atoms with Gasteiger partial charge in [-0.05, 0) is 55.6 Å². The molecule has 0 radical (unpaired) electrons. The molecule has 156 valence electrons. The number of amides is 1. The highest BCUT2D eigenvalue weighted by Crippen LogP contribution is 2.40. The molecule has 0 aliphatic carbocycles. The normalized spacial score (nSPS) is 20.0. The maximum Gasteiger partial charge on any atom is 0.295 e. The number of ether oxygens (including phenoxy) is 1. The molecule has 6 nitrogen and oxygen atoms in total. The van der Waals surface area contributed by atoms with E-state index in [2.05, 4.69) is 0 Å². The molecule has 1 fully saturated rings. The molecule has 0 bridgehead atoms. The molecule has 1 unspecified atom stereocenters. The van der Waals surface area contributed by atoms with Gasteiger partial charge in [-0.15, -0.1) is 0 Å². The molecule has 0 aromatic heterocycles. The van der Waals surface area contributed by atoms with Gasteiger partial charge in [-0.1, -0.05) is 23.7 Å². The lowest BCUT2D eigenvalue weighted by molar-refractivity contribution is -0.140. The maximum absolute atomic E-state index is 13.0. The zero-order valence-electron chi connectivity index (χ0n) is 16.9. The van der Waals surface area contributed by atoms with Crippen molar-refractivity contribution in [2.45, 2.75) is 12.5 Å². The van der Waals surface area contributed by atoms with Gasteiger partial charge < -0.3 is 19.6 Å². The van der Waals surface area contributed by atoms with E-state index in [0.717, 1.165) is 23.3 Å². The van der Waals surface area contributed by atoms with E-state index in [-0.39, 0.29) is 11.3 Å². The lowest BCUT2D eigenvalue weighted by Crippen LogP contribution is -2.35. The molecule has 2 aliphatic heterocycles. The summed E-state index contributed by atoms with van der Waals surface area (Å²) in [5.74, 6) is -0.673. The van der Waals surface area contributed by atoms with Gasteiger partial charge in [-0.2, -0.15) is 0 Å². The quantitative estimate of drug-likeness (QED) is 0.451. The van der Waals surface area contributed by atoms with Gasteiger partial charge in [0.1, 0.15) is 11.5 Å². The number of aliphatic hydroxyl groups is 1. The van der Waals surface area contributed by atoms with Crippen LogP contribution in [0.3, 0.4) is 0 Å². The number of likely N-dealkylation sites (tertiary alicyclic amines) is 1. The molecule has 1 saturated heterocycles. The first-order chi connectivity index (χ1) is 14.4. The Balaban J connectivity index is 1.82. The van der Waals surface area contributed by atoms with Crippen molar-refractivity contribution in [3.63, 3.8) is 0 Å². The van der Waals surface area contributed by atoms with Crippen LogP contribution in [0.1, 0.15) is 22.7 Å². The summed E-state index contributed by atoms with van der Waals surface area (Å²) >= 11 is 6.04. The molecule has 2 aromatic carbocycles. The van der Waals surface area contributed by atoms with Crippen LogP contribution in [0.15, 0.2) is 48.0 Å². The minimum absolute atomic E-state index is 0.0972. The molecule has 1 N–H and O–H groups in total. The summed E-state index contributed by atoms with van der Waals surface area (Å²) in [5.41, 5.74) is 2.30. The third-order valence-corrected chi connectivity index (χ3v) is 5.73. The number of rotatable bonds is 5. The second-order valence-electron chi connectivity index (χ2n) is 7.77. The molecular formula is C23H23ClN2O4. The fourth-order valence-electron chi connectivity index (χ4n) is 3.90. The summed E-state index contributed by atoms with van der Waals surface area (Å²) in [6.07, 6.45) is 0.744. The minimum atomic E-state index is -0.678. The van der Waals surface area contributed by atoms with E-state index in [0.29, 0.717) is 30.3 Å². The molecule has 2 aliphatic rings. The van der Waals surface area contributed by atoms with E-state index in [1.54, 1.807) is 36.4 Å². The van der Waals surface area contributed by atoms with E-state index < -0.39 is 17.7 Å². The predicted molar refractivity (Wildman–Crippen MR) is 115 cm³/mol. The number of fused-ring (bicyclic) bond motifs is 1. The van der Waals surface area contributed by atoms with Crippen molar-refractivity contribution >= 4 is 29.1 Å². The monoisotopic (exact) mass is 426 g/mol. The van der Waals surface area contributed by atoms with Crippen molar-refractivity contribution in [3.05, 3.63) is 69.8 Å². The van der Waals surface area contributed by atoms with Crippen LogP contribution in [0.25, 0.3) is 5.76 Å². The van der Waals surface area contributed by atoms with E-state index in [9.17, 15) is 14.7 Å². The Hall–Kier alpha value is -2.83. The Morgan fingerprint density at radius 3 is 2.63 bits per heavy atom. The van der Waals surface area contributed by atoms with Crippen molar-refractivity contribution in [1.29, 1.82) is 0 Å². The summed E-state index contributed by atoms with van der Waals surface area (Å²) in [6, 6.07) is 11.7. The second-order valence-corrected chi connectivity index (χ2v) is 8.20. The highest BCUT2D eigenvalue weighted by molar-refractivity contribution is 6.46. The van der Waals surface area contributed by atoms with Crippen LogP contribution in [-0.2, 0) is 16.0 Å².